The van der Waals surface area contributed by atoms with Gasteiger partial charge in [-0.25, -0.2) is 0 Å². The Balaban J connectivity index is 3.29. The van der Waals surface area contributed by atoms with E-state index in [-0.39, 0.29) is 12.0 Å². The standard InChI is InChI=1S/C12H13F3O/c1-8-4-3-5-10(12(13,14)15)11(8)9(2)6-7-16/h3-5,7,9H,6H2,1-2H3. The van der Waals surface area contributed by atoms with Crippen molar-refractivity contribution in [1.82, 2.24) is 0 Å². The number of carbonyl (C=O) groups is 1. The maximum Gasteiger partial charge on any atom is 0.416 e. The molecule has 0 aliphatic rings. The lowest BCUT2D eigenvalue weighted by atomic mass is 9.89. The molecule has 1 atom stereocenters. The van der Waals surface area contributed by atoms with Gasteiger partial charge >= 0.3 is 6.18 Å². The van der Waals surface area contributed by atoms with Gasteiger partial charge in [0, 0.05) is 6.42 Å². The molecule has 0 aromatic heterocycles. The molecule has 16 heavy (non-hydrogen) atoms. The number of alkyl halides is 3. The number of carbonyl (C=O) groups excluding carboxylic acids is 1. The Labute approximate surface area is 92.3 Å². The van der Waals surface area contributed by atoms with Crippen molar-refractivity contribution in [2.24, 2.45) is 0 Å². The zero-order valence-corrected chi connectivity index (χ0v) is 9.14. The van der Waals surface area contributed by atoms with Crippen LogP contribution >= 0.6 is 0 Å². The van der Waals surface area contributed by atoms with Gasteiger partial charge in [0.15, 0.2) is 0 Å². The van der Waals surface area contributed by atoms with E-state index in [9.17, 15) is 18.0 Å². The Bertz CT molecular complexity index is 382. The predicted molar refractivity (Wildman–Crippen MR) is 55.3 cm³/mol. The summed E-state index contributed by atoms with van der Waals surface area (Å²) in [5.41, 5.74) is 0.160. The van der Waals surface area contributed by atoms with Crippen LogP contribution in [-0.4, -0.2) is 6.29 Å². The van der Waals surface area contributed by atoms with Crippen molar-refractivity contribution in [1.29, 1.82) is 0 Å². The molecule has 0 aliphatic carbocycles. The molecule has 0 heterocycles. The van der Waals surface area contributed by atoms with Gasteiger partial charge in [0.1, 0.15) is 6.29 Å². The van der Waals surface area contributed by atoms with E-state index in [2.05, 4.69) is 0 Å². The van der Waals surface area contributed by atoms with Crippen molar-refractivity contribution in [3.63, 3.8) is 0 Å². The molecular weight excluding hydrogens is 217 g/mol. The second kappa shape index (κ2) is 4.68. The van der Waals surface area contributed by atoms with E-state index in [1.807, 2.05) is 0 Å². The van der Waals surface area contributed by atoms with Crippen molar-refractivity contribution in [2.75, 3.05) is 0 Å². The van der Waals surface area contributed by atoms with Crippen molar-refractivity contribution in [3.8, 4) is 0 Å². The number of halogens is 3. The van der Waals surface area contributed by atoms with Crippen LogP contribution in [0.4, 0.5) is 13.2 Å². The first-order valence-corrected chi connectivity index (χ1v) is 4.98. The molecule has 0 radical (unpaired) electrons. The zero-order valence-electron chi connectivity index (χ0n) is 9.14. The first kappa shape index (κ1) is 12.7. The van der Waals surface area contributed by atoms with Crippen molar-refractivity contribution in [3.05, 3.63) is 34.9 Å². The van der Waals surface area contributed by atoms with Gasteiger partial charge in [-0.3, -0.25) is 0 Å². The van der Waals surface area contributed by atoms with Gasteiger partial charge in [-0.05, 0) is 30.0 Å². The average molecular weight is 230 g/mol. The number of aldehydes is 1. The van der Waals surface area contributed by atoms with Crippen LogP contribution in [0.15, 0.2) is 18.2 Å². The lowest BCUT2D eigenvalue weighted by Crippen LogP contribution is -2.12. The third kappa shape index (κ3) is 2.62. The summed E-state index contributed by atoms with van der Waals surface area (Å²) in [5, 5.41) is 0. The Morgan fingerprint density at radius 1 is 1.38 bits per heavy atom. The molecule has 1 aromatic carbocycles. The molecule has 1 unspecified atom stereocenters. The molecule has 1 aromatic rings. The molecule has 0 spiro atoms. The lowest BCUT2D eigenvalue weighted by molar-refractivity contribution is -0.138. The topological polar surface area (TPSA) is 17.1 Å². The van der Waals surface area contributed by atoms with Crippen molar-refractivity contribution < 1.29 is 18.0 Å². The van der Waals surface area contributed by atoms with E-state index in [0.717, 1.165) is 6.07 Å². The monoisotopic (exact) mass is 230 g/mol. The summed E-state index contributed by atoms with van der Waals surface area (Å²) in [7, 11) is 0. The SMILES string of the molecule is Cc1cccc(C(F)(F)F)c1C(C)CC=O. The van der Waals surface area contributed by atoms with Gasteiger partial charge < -0.3 is 4.79 Å². The highest BCUT2D eigenvalue weighted by atomic mass is 19.4. The highest BCUT2D eigenvalue weighted by molar-refractivity contribution is 5.53. The summed E-state index contributed by atoms with van der Waals surface area (Å²) in [6, 6.07) is 4.07. The van der Waals surface area contributed by atoms with Gasteiger partial charge in [0.25, 0.3) is 0 Å². The third-order valence-electron chi connectivity index (χ3n) is 2.57. The fourth-order valence-electron chi connectivity index (χ4n) is 1.84. The molecule has 0 fully saturated rings. The van der Waals surface area contributed by atoms with Gasteiger partial charge in [0.05, 0.1) is 5.56 Å². The molecule has 88 valence electrons. The highest BCUT2D eigenvalue weighted by Gasteiger charge is 2.34. The lowest BCUT2D eigenvalue weighted by Gasteiger charge is -2.19. The van der Waals surface area contributed by atoms with E-state index >= 15 is 0 Å². The predicted octanol–water partition coefficient (Wildman–Crippen LogP) is 3.71. The summed E-state index contributed by atoms with van der Waals surface area (Å²) >= 11 is 0. The van der Waals surface area contributed by atoms with Crippen LogP contribution in [-0.2, 0) is 11.0 Å². The number of hydrogen-bond donors (Lipinski definition) is 0. The fourth-order valence-corrected chi connectivity index (χ4v) is 1.84. The zero-order chi connectivity index (χ0) is 12.3. The van der Waals surface area contributed by atoms with Crippen LogP contribution in [0, 0.1) is 6.92 Å². The van der Waals surface area contributed by atoms with Gasteiger partial charge in [-0.15, -0.1) is 0 Å². The van der Waals surface area contributed by atoms with Crippen molar-refractivity contribution in [2.45, 2.75) is 32.4 Å². The number of aryl methyl sites for hydroxylation is 1. The molecule has 0 saturated carbocycles. The van der Waals surface area contributed by atoms with E-state index in [0.29, 0.717) is 11.8 Å². The van der Waals surface area contributed by atoms with Gasteiger partial charge in [-0.1, -0.05) is 19.1 Å². The second-order valence-corrected chi connectivity index (χ2v) is 3.84. The Morgan fingerprint density at radius 3 is 2.50 bits per heavy atom. The fraction of sp³-hybridized carbons (Fsp3) is 0.417. The number of benzene rings is 1. The summed E-state index contributed by atoms with van der Waals surface area (Å²) in [6.45, 7) is 3.26. The first-order chi connectivity index (χ1) is 7.38. The van der Waals surface area contributed by atoms with Crippen LogP contribution in [0.25, 0.3) is 0 Å². The van der Waals surface area contributed by atoms with Gasteiger partial charge in [0.2, 0.25) is 0 Å². The Hall–Kier alpha value is -1.32. The molecule has 0 N–H and O–H groups in total. The molecule has 0 aliphatic heterocycles. The number of rotatable bonds is 3. The average Bonchev–Trinajstić information content (AvgIpc) is 2.16. The highest BCUT2D eigenvalue weighted by Crippen LogP contribution is 2.37. The minimum Gasteiger partial charge on any atom is -0.303 e. The summed E-state index contributed by atoms with van der Waals surface area (Å²) in [6.07, 6.45) is -3.61. The first-order valence-electron chi connectivity index (χ1n) is 4.98. The smallest absolute Gasteiger partial charge is 0.303 e. The van der Waals surface area contributed by atoms with Gasteiger partial charge in [-0.2, -0.15) is 13.2 Å². The Kier molecular flexibility index (Phi) is 3.73. The minimum atomic E-state index is -4.36. The van der Waals surface area contributed by atoms with Crippen LogP contribution in [0.5, 0.6) is 0 Å². The summed E-state index contributed by atoms with van der Waals surface area (Å²) < 4.78 is 38.2. The Morgan fingerprint density at radius 2 is 2.00 bits per heavy atom. The summed E-state index contributed by atoms with van der Waals surface area (Å²) in [4.78, 5) is 10.4. The number of hydrogen-bond acceptors (Lipinski definition) is 1. The van der Waals surface area contributed by atoms with Crippen LogP contribution in [0.1, 0.15) is 36.0 Å². The molecule has 0 amide bonds. The molecule has 4 heteroatoms. The third-order valence-corrected chi connectivity index (χ3v) is 2.57. The van der Waals surface area contributed by atoms with E-state index < -0.39 is 17.7 Å². The summed E-state index contributed by atoms with van der Waals surface area (Å²) in [5.74, 6) is -0.407. The van der Waals surface area contributed by atoms with Crippen LogP contribution < -0.4 is 0 Å². The molecule has 1 rings (SSSR count). The maximum atomic E-state index is 12.7. The maximum absolute atomic E-state index is 12.7. The largest absolute Gasteiger partial charge is 0.416 e. The quantitative estimate of drug-likeness (QED) is 0.723. The van der Waals surface area contributed by atoms with Crippen molar-refractivity contribution >= 4 is 6.29 Å². The molecule has 0 saturated heterocycles. The molecule has 0 bridgehead atoms. The molecular formula is C12H13F3O. The normalized spacial score (nSPS) is 13.6. The van der Waals surface area contributed by atoms with Crippen LogP contribution in [0.2, 0.25) is 0 Å². The van der Waals surface area contributed by atoms with E-state index in [4.69, 9.17) is 0 Å². The van der Waals surface area contributed by atoms with E-state index in [1.54, 1.807) is 19.9 Å². The minimum absolute atomic E-state index is 0.105. The van der Waals surface area contributed by atoms with E-state index in [1.165, 1.54) is 6.07 Å². The second-order valence-electron chi connectivity index (χ2n) is 3.84. The molecule has 1 nitrogen and oxygen atoms in total. The van der Waals surface area contributed by atoms with Crippen LogP contribution in [0.3, 0.4) is 0 Å².